The lowest BCUT2D eigenvalue weighted by Gasteiger charge is -2.34. The number of hydrogen-bond donors (Lipinski definition) is 1. The second-order valence-electron chi connectivity index (χ2n) is 11.6. The first-order valence-electron chi connectivity index (χ1n) is 16.1. The minimum Gasteiger partial charge on any atom is -0.494 e. The van der Waals surface area contributed by atoms with Gasteiger partial charge in [-0.2, -0.15) is 0 Å². The fraction of sp³-hybridized carbons (Fsp3) is 0.316. The highest BCUT2D eigenvalue weighted by atomic mass is 32.2. The van der Waals surface area contributed by atoms with Gasteiger partial charge in [-0.25, -0.2) is 8.42 Å². The third-order valence-electron chi connectivity index (χ3n) is 7.90. The molecule has 4 rings (SSSR count). The highest BCUT2D eigenvalue weighted by Crippen LogP contribution is 2.27. The zero-order chi connectivity index (χ0) is 33.8. The Hall–Kier alpha value is -4.63. The van der Waals surface area contributed by atoms with E-state index in [9.17, 15) is 18.0 Å². The van der Waals surface area contributed by atoms with Crippen molar-refractivity contribution in [2.45, 2.75) is 64.4 Å². The van der Waals surface area contributed by atoms with Gasteiger partial charge in [0.1, 0.15) is 18.3 Å². The van der Waals surface area contributed by atoms with Crippen LogP contribution in [-0.4, -0.2) is 50.9 Å². The van der Waals surface area contributed by atoms with Crippen LogP contribution in [0.3, 0.4) is 0 Å². The van der Waals surface area contributed by atoms with Gasteiger partial charge in [0.05, 0.1) is 17.2 Å². The van der Waals surface area contributed by atoms with Crippen molar-refractivity contribution in [1.29, 1.82) is 0 Å². The van der Waals surface area contributed by atoms with Crippen LogP contribution in [0.1, 0.15) is 48.9 Å². The molecule has 0 aliphatic rings. The van der Waals surface area contributed by atoms with Crippen LogP contribution in [0, 0.1) is 13.8 Å². The number of ether oxygens (including phenoxy) is 1. The summed E-state index contributed by atoms with van der Waals surface area (Å²) in [6, 6.07) is 29.6. The van der Waals surface area contributed by atoms with Gasteiger partial charge in [0, 0.05) is 19.5 Å². The van der Waals surface area contributed by atoms with E-state index in [0.717, 1.165) is 39.4 Å². The predicted molar refractivity (Wildman–Crippen MR) is 187 cm³/mol. The average molecular weight is 656 g/mol. The predicted octanol–water partition coefficient (Wildman–Crippen LogP) is 6.45. The Bertz CT molecular complexity index is 1690. The van der Waals surface area contributed by atoms with Crippen molar-refractivity contribution in [2.24, 2.45) is 0 Å². The van der Waals surface area contributed by atoms with Crippen molar-refractivity contribution in [3.8, 4) is 5.75 Å². The van der Waals surface area contributed by atoms with Crippen LogP contribution in [0.2, 0.25) is 0 Å². The summed E-state index contributed by atoms with van der Waals surface area (Å²) in [6.07, 6.45) is 1.98. The van der Waals surface area contributed by atoms with E-state index in [4.69, 9.17) is 4.74 Å². The Kier molecular flexibility index (Phi) is 12.6. The van der Waals surface area contributed by atoms with E-state index in [-0.39, 0.29) is 23.8 Å². The minimum atomic E-state index is -4.18. The summed E-state index contributed by atoms with van der Waals surface area (Å²) in [5, 5.41) is 3.02. The quantitative estimate of drug-likeness (QED) is 0.140. The summed E-state index contributed by atoms with van der Waals surface area (Å²) in [4.78, 5) is 30.0. The van der Waals surface area contributed by atoms with Crippen molar-refractivity contribution in [3.63, 3.8) is 0 Å². The molecule has 8 nitrogen and oxygen atoms in total. The standard InChI is InChI=1S/C38H45N3O5S/c1-5-7-25-39-38(43)36(26-31-11-9-8-10-12-31)40(27-32-17-13-29(3)14-18-32)37(42)28-41(33-19-21-34(22-20-33)46-6-2)47(44,45)35-23-15-30(4)16-24-35/h8-24,36H,5-7,25-28H2,1-4H3,(H,39,43)/t36-/m1/s1. The van der Waals surface area contributed by atoms with Gasteiger partial charge in [-0.3, -0.25) is 13.9 Å². The molecule has 248 valence electrons. The molecule has 0 saturated carbocycles. The van der Waals surface area contributed by atoms with Crippen LogP contribution in [0.5, 0.6) is 5.75 Å². The summed E-state index contributed by atoms with van der Waals surface area (Å²) >= 11 is 0. The Balaban J connectivity index is 1.78. The third-order valence-corrected chi connectivity index (χ3v) is 9.69. The second-order valence-corrected chi connectivity index (χ2v) is 13.5. The van der Waals surface area contributed by atoms with Gasteiger partial charge >= 0.3 is 0 Å². The number of amides is 2. The van der Waals surface area contributed by atoms with Crippen molar-refractivity contribution in [3.05, 3.63) is 125 Å². The largest absolute Gasteiger partial charge is 0.494 e. The van der Waals surface area contributed by atoms with E-state index in [0.29, 0.717) is 24.6 Å². The fourth-order valence-corrected chi connectivity index (χ4v) is 6.61. The number of anilines is 1. The molecule has 0 aliphatic heterocycles. The smallest absolute Gasteiger partial charge is 0.264 e. The number of aryl methyl sites for hydroxylation is 2. The molecule has 1 N–H and O–H groups in total. The van der Waals surface area contributed by atoms with Crippen LogP contribution in [-0.2, 0) is 32.6 Å². The molecule has 1 atom stereocenters. The fourth-order valence-electron chi connectivity index (χ4n) is 5.19. The molecule has 0 spiro atoms. The van der Waals surface area contributed by atoms with Crippen LogP contribution in [0.15, 0.2) is 108 Å². The number of rotatable bonds is 16. The van der Waals surface area contributed by atoms with E-state index in [1.54, 1.807) is 48.5 Å². The highest BCUT2D eigenvalue weighted by Gasteiger charge is 2.34. The maximum Gasteiger partial charge on any atom is 0.264 e. The van der Waals surface area contributed by atoms with E-state index >= 15 is 0 Å². The van der Waals surface area contributed by atoms with Crippen LogP contribution in [0.25, 0.3) is 0 Å². The van der Waals surface area contributed by atoms with Crippen LogP contribution in [0.4, 0.5) is 5.69 Å². The first-order valence-corrected chi connectivity index (χ1v) is 17.5. The lowest BCUT2D eigenvalue weighted by Crippen LogP contribution is -2.53. The van der Waals surface area contributed by atoms with E-state index in [1.807, 2.05) is 82.3 Å². The topological polar surface area (TPSA) is 96.0 Å². The van der Waals surface area contributed by atoms with Gasteiger partial charge in [-0.05, 0) is 74.7 Å². The number of nitrogens with zero attached hydrogens (tertiary/aromatic N) is 2. The molecule has 0 heterocycles. The molecule has 0 aromatic heterocycles. The second kappa shape index (κ2) is 16.8. The van der Waals surface area contributed by atoms with Gasteiger partial charge in [0.2, 0.25) is 11.8 Å². The van der Waals surface area contributed by atoms with Crippen molar-refractivity contribution < 1.29 is 22.7 Å². The minimum absolute atomic E-state index is 0.0630. The first kappa shape index (κ1) is 35.2. The van der Waals surface area contributed by atoms with E-state index < -0.39 is 28.5 Å². The maximum atomic E-state index is 14.6. The Morgan fingerprint density at radius 1 is 0.787 bits per heavy atom. The number of hydrogen-bond acceptors (Lipinski definition) is 5. The Morgan fingerprint density at radius 3 is 2.00 bits per heavy atom. The summed E-state index contributed by atoms with van der Waals surface area (Å²) in [5.41, 5.74) is 4.01. The number of unbranched alkanes of at least 4 members (excludes halogenated alkanes) is 1. The molecule has 0 fully saturated rings. The maximum absolute atomic E-state index is 14.6. The van der Waals surface area contributed by atoms with Crippen LogP contribution >= 0.6 is 0 Å². The van der Waals surface area contributed by atoms with E-state index in [2.05, 4.69) is 5.32 Å². The average Bonchev–Trinajstić information content (AvgIpc) is 3.07. The molecule has 4 aromatic carbocycles. The van der Waals surface area contributed by atoms with Gasteiger partial charge in [0.25, 0.3) is 10.0 Å². The number of nitrogens with one attached hydrogen (secondary N) is 1. The normalized spacial score (nSPS) is 11.8. The summed E-state index contributed by atoms with van der Waals surface area (Å²) < 4.78 is 35.1. The lowest BCUT2D eigenvalue weighted by atomic mass is 10.0. The molecule has 0 bridgehead atoms. The number of benzene rings is 4. The first-order chi connectivity index (χ1) is 22.6. The summed E-state index contributed by atoms with van der Waals surface area (Å²) in [6.45, 7) is 8.33. The number of sulfonamides is 1. The van der Waals surface area contributed by atoms with Crippen LogP contribution < -0.4 is 14.4 Å². The van der Waals surface area contributed by atoms with Gasteiger partial charge in [-0.1, -0.05) is 91.2 Å². The van der Waals surface area contributed by atoms with Gasteiger partial charge in [0.15, 0.2) is 0 Å². The van der Waals surface area contributed by atoms with E-state index in [1.165, 1.54) is 4.90 Å². The molecule has 0 radical (unpaired) electrons. The molecular formula is C38H45N3O5S. The highest BCUT2D eigenvalue weighted by molar-refractivity contribution is 7.92. The van der Waals surface area contributed by atoms with Crippen molar-refractivity contribution in [2.75, 3.05) is 24.0 Å². The van der Waals surface area contributed by atoms with Gasteiger partial charge in [-0.15, -0.1) is 0 Å². The summed E-state index contributed by atoms with van der Waals surface area (Å²) in [5.74, 6) is -0.193. The molecule has 0 saturated heterocycles. The molecule has 0 aliphatic carbocycles. The molecule has 4 aromatic rings. The summed E-state index contributed by atoms with van der Waals surface area (Å²) in [7, 11) is -4.18. The molecule has 0 unspecified atom stereocenters. The van der Waals surface area contributed by atoms with Crippen molar-refractivity contribution in [1.82, 2.24) is 10.2 Å². The van der Waals surface area contributed by atoms with Gasteiger partial charge < -0.3 is 15.0 Å². The monoisotopic (exact) mass is 655 g/mol. The molecule has 9 heteroatoms. The Labute approximate surface area is 279 Å². The molecule has 47 heavy (non-hydrogen) atoms. The zero-order valence-corrected chi connectivity index (χ0v) is 28.5. The SMILES string of the molecule is CCCCNC(=O)[C@@H](Cc1ccccc1)N(Cc1ccc(C)cc1)C(=O)CN(c1ccc(OCC)cc1)S(=O)(=O)c1ccc(C)cc1. The molecular weight excluding hydrogens is 611 g/mol. The molecule has 2 amide bonds. The number of carbonyl (C=O) groups is 2. The Morgan fingerprint density at radius 2 is 1.40 bits per heavy atom. The number of carbonyl (C=O) groups excluding carboxylic acids is 2. The lowest BCUT2D eigenvalue weighted by molar-refractivity contribution is -0.140. The zero-order valence-electron chi connectivity index (χ0n) is 27.7. The third kappa shape index (κ3) is 9.68. The van der Waals surface area contributed by atoms with Crippen molar-refractivity contribution >= 4 is 27.5 Å².